The molecular formula is C18H20F2N6OS. The summed E-state index contributed by atoms with van der Waals surface area (Å²) in [6.45, 7) is 0. The first kappa shape index (κ1) is 17.7. The zero-order valence-corrected chi connectivity index (χ0v) is 15.9. The summed E-state index contributed by atoms with van der Waals surface area (Å²) >= 11 is 1.41. The first-order chi connectivity index (χ1) is 13.4. The van der Waals surface area contributed by atoms with E-state index >= 15 is 0 Å². The van der Waals surface area contributed by atoms with Crippen LogP contribution in [0.5, 0.6) is 0 Å². The van der Waals surface area contributed by atoms with Crippen molar-refractivity contribution in [3.8, 4) is 0 Å². The molecule has 5 rings (SSSR count). The number of thiazole rings is 1. The largest absolute Gasteiger partial charge is 0.375 e. The van der Waals surface area contributed by atoms with Crippen LogP contribution in [-0.2, 0) is 0 Å². The Morgan fingerprint density at radius 2 is 1.93 bits per heavy atom. The number of hydrogen-bond donors (Lipinski definition) is 2. The molecule has 0 amide bonds. The van der Waals surface area contributed by atoms with Crippen molar-refractivity contribution >= 4 is 27.5 Å². The van der Waals surface area contributed by atoms with E-state index in [4.69, 9.17) is 10.7 Å². The molecule has 2 fully saturated rings. The van der Waals surface area contributed by atoms with Gasteiger partial charge in [-0.3, -0.25) is 4.79 Å². The molecule has 3 aromatic heterocycles. The number of fused-ring (bicyclic) bond motifs is 1. The Hall–Kier alpha value is -2.36. The molecule has 0 spiro atoms. The molecule has 0 saturated heterocycles. The van der Waals surface area contributed by atoms with Crippen LogP contribution in [0.4, 0.5) is 13.9 Å². The molecule has 0 aromatic carbocycles. The van der Waals surface area contributed by atoms with Crippen LogP contribution >= 0.6 is 11.3 Å². The van der Waals surface area contributed by atoms with E-state index in [1.54, 1.807) is 4.68 Å². The second-order valence-electron chi connectivity index (χ2n) is 7.77. The van der Waals surface area contributed by atoms with Crippen LogP contribution in [-0.4, -0.2) is 30.7 Å². The summed E-state index contributed by atoms with van der Waals surface area (Å²) in [4.78, 5) is 24.6. The number of nitrogens with zero attached hydrogens (tertiary/aromatic N) is 4. The van der Waals surface area contributed by atoms with Crippen molar-refractivity contribution in [2.24, 2.45) is 0 Å². The highest BCUT2D eigenvalue weighted by atomic mass is 32.1. The van der Waals surface area contributed by atoms with Gasteiger partial charge in [0.15, 0.2) is 10.8 Å². The van der Waals surface area contributed by atoms with E-state index in [1.165, 1.54) is 17.5 Å². The number of H-pyrrole nitrogens is 1. The molecule has 3 N–H and O–H groups in total. The van der Waals surface area contributed by atoms with E-state index in [2.05, 4.69) is 15.1 Å². The van der Waals surface area contributed by atoms with Gasteiger partial charge in [0.2, 0.25) is 5.92 Å². The summed E-state index contributed by atoms with van der Waals surface area (Å²) in [6.07, 6.45) is 3.69. The number of halogens is 2. The van der Waals surface area contributed by atoms with Gasteiger partial charge in [-0.05, 0) is 25.7 Å². The van der Waals surface area contributed by atoms with Crippen LogP contribution in [0, 0.1) is 0 Å². The van der Waals surface area contributed by atoms with Crippen LogP contribution in [0.3, 0.4) is 0 Å². The lowest BCUT2D eigenvalue weighted by molar-refractivity contribution is -0.0446. The lowest BCUT2D eigenvalue weighted by atomic mass is 9.71. The van der Waals surface area contributed by atoms with E-state index in [9.17, 15) is 13.6 Å². The van der Waals surface area contributed by atoms with Gasteiger partial charge in [0.25, 0.3) is 5.56 Å². The zero-order valence-electron chi connectivity index (χ0n) is 15.1. The summed E-state index contributed by atoms with van der Waals surface area (Å²) in [5.41, 5.74) is 6.93. The van der Waals surface area contributed by atoms with E-state index < -0.39 is 5.92 Å². The normalized spacial score (nSPS) is 25.1. The number of hydrogen-bond acceptors (Lipinski definition) is 6. The van der Waals surface area contributed by atoms with Gasteiger partial charge in [-0.1, -0.05) is 0 Å². The Morgan fingerprint density at radius 1 is 1.18 bits per heavy atom. The lowest BCUT2D eigenvalue weighted by Crippen LogP contribution is -2.28. The quantitative estimate of drug-likeness (QED) is 0.692. The van der Waals surface area contributed by atoms with Crippen LogP contribution in [0.15, 0.2) is 16.4 Å². The fourth-order valence-corrected chi connectivity index (χ4v) is 4.94. The fourth-order valence-electron chi connectivity index (χ4n) is 4.32. The molecule has 3 aromatic rings. The van der Waals surface area contributed by atoms with E-state index in [1.807, 2.05) is 5.38 Å². The second kappa shape index (κ2) is 6.33. The van der Waals surface area contributed by atoms with Crippen molar-refractivity contribution in [2.75, 3.05) is 5.73 Å². The van der Waals surface area contributed by atoms with Gasteiger partial charge < -0.3 is 10.7 Å². The Bertz CT molecular complexity index is 1080. The number of anilines is 1. The van der Waals surface area contributed by atoms with Crippen LogP contribution < -0.4 is 11.3 Å². The Kier molecular flexibility index (Phi) is 4.01. The van der Waals surface area contributed by atoms with Crippen LogP contribution in [0.1, 0.15) is 67.9 Å². The number of aromatic amines is 1. The topological polar surface area (TPSA) is 102 Å². The molecule has 2 aliphatic rings. The van der Waals surface area contributed by atoms with Crippen molar-refractivity contribution in [3.63, 3.8) is 0 Å². The third-order valence-electron chi connectivity index (χ3n) is 6.06. The summed E-state index contributed by atoms with van der Waals surface area (Å²) in [5.74, 6) is -1.75. The number of nitrogens with two attached hydrogens (primary N) is 1. The maximum Gasteiger partial charge on any atom is 0.262 e. The van der Waals surface area contributed by atoms with Crippen molar-refractivity contribution in [2.45, 2.75) is 62.3 Å². The van der Waals surface area contributed by atoms with Crippen molar-refractivity contribution in [1.29, 1.82) is 0 Å². The molecule has 0 radical (unpaired) electrons. The number of alkyl halides is 2. The molecular weight excluding hydrogens is 386 g/mol. The monoisotopic (exact) mass is 406 g/mol. The minimum Gasteiger partial charge on any atom is -0.375 e. The van der Waals surface area contributed by atoms with Crippen molar-refractivity contribution in [3.05, 3.63) is 33.4 Å². The molecule has 2 aliphatic carbocycles. The second-order valence-corrected chi connectivity index (χ2v) is 8.66. The first-order valence-corrected chi connectivity index (χ1v) is 10.4. The lowest BCUT2D eigenvalue weighted by Gasteiger charge is -2.34. The highest BCUT2D eigenvalue weighted by molar-refractivity contribution is 7.13. The molecule has 2 saturated carbocycles. The summed E-state index contributed by atoms with van der Waals surface area (Å²) < 4.78 is 28.7. The zero-order chi connectivity index (χ0) is 19.5. The maximum atomic E-state index is 13.5. The van der Waals surface area contributed by atoms with Crippen LogP contribution in [0.2, 0.25) is 0 Å². The van der Waals surface area contributed by atoms with Gasteiger partial charge in [-0.25, -0.2) is 23.4 Å². The highest BCUT2D eigenvalue weighted by Gasteiger charge is 2.38. The summed E-state index contributed by atoms with van der Waals surface area (Å²) in [7, 11) is 0. The number of nitrogens with one attached hydrogen (secondary N) is 1. The average Bonchev–Trinajstić information content (AvgIpc) is 3.21. The molecule has 10 heteroatoms. The van der Waals surface area contributed by atoms with Gasteiger partial charge >= 0.3 is 0 Å². The van der Waals surface area contributed by atoms with Gasteiger partial charge in [-0.15, -0.1) is 11.3 Å². The molecule has 7 nitrogen and oxygen atoms in total. The average molecular weight is 406 g/mol. The van der Waals surface area contributed by atoms with E-state index in [-0.39, 0.29) is 36.3 Å². The molecule has 3 heterocycles. The number of rotatable bonds is 3. The molecule has 0 unspecified atom stereocenters. The summed E-state index contributed by atoms with van der Waals surface area (Å²) in [5, 5.41) is 7.20. The SMILES string of the molecule is Nc1nc([C@H]2CC[C@@H]2c2nc3c(cnn3C3CCC(F)(F)CC3)c(=O)[nH]2)cs1. The van der Waals surface area contributed by atoms with E-state index in [0.29, 0.717) is 34.8 Å². The predicted octanol–water partition coefficient (Wildman–Crippen LogP) is 3.57. The standard InChI is InChI=1S/C18H20F2N6OS/c19-18(20)5-3-9(4-6-18)26-15-12(7-22-26)16(27)25-14(24-15)11-2-1-10(11)13-8-28-17(21)23-13/h7-11H,1-6H2,(H2,21,23)(H,24,25,27)/t10-,11-/m0/s1. The van der Waals surface area contributed by atoms with Crippen molar-refractivity contribution < 1.29 is 8.78 Å². The molecule has 2 atom stereocenters. The highest BCUT2D eigenvalue weighted by Crippen LogP contribution is 2.48. The third kappa shape index (κ3) is 2.90. The smallest absolute Gasteiger partial charge is 0.262 e. The maximum absolute atomic E-state index is 13.5. The Balaban J connectivity index is 1.49. The molecule has 28 heavy (non-hydrogen) atoms. The van der Waals surface area contributed by atoms with Crippen LogP contribution in [0.25, 0.3) is 11.0 Å². The van der Waals surface area contributed by atoms with Gasteiger partial charge in [-0.2, -0.15) is 5.10 Å². The molecule has 0 bridgehead atoms. The van der Waals surface area contributed by atoms with E-state index in [0.717, 1.165) is 18.5 Å². The van der Waals surface area contributed by atoms with Crippen molar-refractivity contribution in [1.82, 2.24) is 24.7 Å². The minimum absolute atomic E-state index is 0.0673. The molecule has 0 aliphatic heterocycles. The van der Waals surface area contributed by atoms with Gasteiger partial charge in [0, 0.05) is 30.1 Å². The number of aromatic nitrogens is 5. The third-order valence-corrected chi connectivity index (χ3v) is 6.75. The first-order valence-electron chi connectivity index (χ1n) is 9.47. The number of nitrogen functional groups attached to an aromatic ring is 1. The van der Waals surface area contributed by atoms with Gasteiger partial charge in [0.1, 0.15) is 11.2 Å². The Labute approximate surface area is 163 Å². The Morgan fingerprint density at radius 3 is 2.57 bits per heavy atom. The predicted molar refractivity (Wildman–Crippen MR) is 102 cm³/mol. The van der Waals surface area contributed by atoms with Gasteiger partial charge in [0.05, 0.1) is 17.9 Å². The molecule has 148 valence electrons. The summed E-state index contributed by atoms with van der Waals surface area (Å²) in [6, 6.07) is -0.158. The minimum atomic E-state index is -2.61. The fraction of sp³-hybridized carbons (Fsp3) is 0.556.